The number of nitrogens with one attached hydrogen (secondary N) is 2. The van der Waals surface area contributed by atoms with Crippen LogP contribution in [0.25, 0.3) is 0 Å². The van der Waals surface area contributed by atoms with E-state index in [4.69, 9.17) is 12.2 Å². The molecular formula is C8H12N2OS2. The van der Waals surface area contributed by atoms with Crippen molar-refractivity contribution < 1.29 is 0 Å². The standard InChI is InChI=1S/C8H12N2OS2/c1-5-6(3-2-4-12)7(11)10-8(13)9-5/h12H,2-4H2,1H3,(H2,9,10,11,13). The Hall–Kier alpha value is -0.550. The van der Waals surface area contributed by atoms with Crippen molar-refractivity contribution in [3.05, 3.63) is 26.4 Å². The van der Waals surface area contributed by atoms with E-state index in [-0.39, 0.29) is 5.56 Å². The third-order valence-corrected chi connectivity index (χ3v) is 2.36. The predicted molar refractivity (Wildman–Crippen MR) is 59.2 cm³/mol. The first-order valence-electron chi connectivity index (χ1n) is 4.08. The van der Waals surface area contributed by atoms with Crippen LogP contribution >= 0.6 is 24.8 Å². The van der Waals surface area contributed by atoms with E-state index in [0.717, 1.165) is 29.9 Å². The molecule has 0 aliphatic carbocycles. The molecule has 1 heterocycles. The van der Waals surface area contributed by atoms with E-state index in [1.165, 1.54) is 0 Å². The fourth-order valence-corrected chi connectivity index (χ4v) is 1.59. The van der Waals surface area contributed by atoms with Gasteiger partial charge in [0.25, 0.3) is 5.56 Å². The fourth-order valence-electron chi connectivity index (χ4n) is 1.18. The Balaban J connectivity index is 3.07. The minimum absolute atomic E-state index is 0.0805. The quantitative estimate of drug-likeness (QED) is 0.531. The number of hydrogen-bond donors (Lipinski definition) is 3. The van der Waals surface area contributed by atoms with E-state index >= 15 is 0 Å². The van der Waals surface area contributed by atoms with Crippen LogP contribution in [0.5, 0.6) is 0 Å². The van der Waals surface area contributed by atoms with Gasteiger partial charge in [0.2, 0.25) is 0 Å². The molecule has 0 radical (unpaired) electrons. The molecule has 0 fully saturated rings. The SMILES string of the molecule is Cc1[nH]c(=S)[nH]c(=O)c1CCCS. The van der Waals surface area contributed by atoms with Crippen molar-refractivity contribution >= 4 is 24.8 Å². The second-order valence-electron chi connectivity index (χ2n) is 2.84. The van der Waals surface area contributed by atoms with Gasteiger partial charge in [0, 0.05) is 11.3 Å². The van der Waals surface area contributed by atoms with Gasteiger partial charge in [-0.05, 0) is 37.7 Å². The Labute approximate surface area is 87.0 Å². The molecule has 0 unspecified atom stereocenters. The fraction of sp³-hybridized carbons (Fsp3) is 0.500. The Morgan fingerprint density at radius 3 is 2.69 bits per heavy atom. The molecule has 1 aromatic rings. The van der Waals surface area contributed by atoms with Crippen molar-refractivity contribution in [3.63, 3.8) is 0 Å². The van der Waals surface area contributed by atoms with E-state index in [2.05, 4.69) is 22.6 Å². The first-order valence-corrected chi connectivity index (χ1v) is 5.12. The van der Waals surface area contributed by atoms with Gasteiger partial charge in [0.15, 0.2) is 4.77 Å². The molecule has 0 spiro atoms. The van der Waals surface area contributed by atoms with Gasteiger partial charge in [-0.2, -0.15) is 12.6 Å². The summed E-state index contributed by atoms with van der Waals surface area (Å²) in [7, 11) is 0. The van der Waals surface area contributed by atoms with Crippen molar-refractivity contribution in [2.45, 2.75) is 19.8 Å². The molecular weight excluding hydrogens is 204 g/mol. The van der Waals surface area contributed by atoms with Gasteiger partial charge < -0.3 is 4.98 Å². The zero-order chi connectivity index (χ0) is 9.84. The van der Waals surface area contributed by atoms with Crippen molar-refractivity contribution in [1.29, 1.82) is 0 Å². The van der Waals surface area contributed by atoms with E-state index < -0.39 is 0 Å². The van der Waals surface area contributed by atoms with Crippen LogP contribution in [-0.4, -0.2) is 15.7 Å². The summed E-state index contributed by atoms with van der Waals surface area (Å²) < 4.78 is 0.386. The second-order valence-corrected chi connectivity index (χ2v) is 3.69. The number of aromatic nitrogens is 2. The van der Waals surface area contributed by atoms with Crippen molar-refractivity contribution in [2.24, 2.45) is 0 Å². The van der Waals surface area contributed by atoms with E-state index in [0.29, 0.717) is 4.77 Å². The average Bonchev–Trinajstić information content (AvgIpc) is 2.02. The molecule has 3 nitrogen and oxygen atoms in total. The molecule has 0 bridgehead atoms. The molecule has 2 N–H and O–H groups in total. The molecule has 0 aromatic carbocycles. The summed E-state index contributed by atoms with van der Waals surface area (Å²) in [6, 6.07) is 0. The summed E-state index contributed by atoms with van der Waals surface area (Å²) in [6.07, 6.45) is 1.65. The number of hydrogen-bond acceptors (Lipinski definition) is 3. The van der Waals surface area contributed by atoms with Crippen LogP contribution in [0.1, 0.15) is 17.7 Å². The van der Waals surface area contributed by atoms with Gasteiger partial charge in [-0.15, -0.1) is 0 Å². The van der Waals surface area contributed by atoms with Gasteiger partial charge in [-0.3, -0.25) is 9.78 Å². The molecule has 0 aliphatic rings. The number of rotatable bonds is 3. The third kappa shape index (κ3) is 2.70. The van der Waals surface area contributed by atoms with Crippen molar-refractivity contribution in [2.75, 3.05) is 5.75 Å². The van der Waals surface area contributed by atoms with Gasteiger partial charge in [-0.1, -0.05) is 0 Å². The van der Waals surface area contributed by atoms with Crippen LogP contribution in [0.4, 0.5) is 0 Å². The summed E-state index contributed by atoms with van der Waals surface area (Å²) in [4.78, 5) is 16.9. The highest BCUT2D eigenvalue weighted by atomic mass is 32.1. The first-order chi connectivity index (χ1) is 6.15. The molecule has 13 heavy (non-hydrogen) atoms. The zero-order valence-corrected chi connectivity index (χ0v) is 9.10. The topological polar surface area (TPSA) is 48.6 Å². The molecule has 0 saturated heterocycles. The first kappa shape index (κ1) is 10.5. The molecule has 72 valence electrons. The largest absolute Gasteiger partial charge is 0.336 e. The maximum atomic E-state index is 11.4. The number of H-pyrrole nitrogens is 2. The summed E-state index contributed by atoms with van der Waals surface area (Å²) in [5.74, 6) is 0.786. The van der Waals surface area contributed by atoms with Crippen molar-refractivity contribution in [3.8, 4) is 0 Å². The van der Waals surface area contributed by atoms with Gasteiger partial charge in [-0.25, -0.2) is 0 Å². The molecule has 5 heteroatoms. The Kier molecular flexibility index (Phi) is 3.74. The summed E-state index contributed by atoms with van der Waals surface area (Å²) >= 11 is 8.93. The van der Waals surface area contributed by atoms with Crippen LogP contribution in [0.3, 0.4) is 0 Å². The zero-order valence-electron chi connectivity index (χ0n) is 7.39. The number of thiol groups is 1. The van der Waals surface area contributed by atoms with Gasteiger partial charge >= 0.3 is 0 Å². The van der Waals surface area contributed by atoms with Crippen LogP contribution in [-0.2, 0) is 6.42 Å². The lowest BCUT2D eigenvalue weighted by atomic mass is 10.1. The van der Waals surface area contributed by atoms with Crippen molar-refractivity contribution in [1.82, 2.24) is 9.97 Å². The normalized spacial score (nSPS) is 10.3. The molecule has 0 aliphatic heterocycles. The summed E-state index contributed by atoms with van der Waals surface area (Å²) in [6.45, 7) is 1.86. The van der Waals surface area contributed by atoms with Gasteiger partial charge in [0.1, 0.15) is 0 Å². The summed E-state index contributed by atoms with van der Waals surface area (Å²) in [5.41, 5.74) is 1.56. The highest BCUT2D eigenvalue weighted by Gasteiger charge is 2.03. The van der Waals surface area contributed by atoms with E-state index in [9.17, 15) is 4.79 Å². The average molecular weight is 216 g/mol. The van der Waals surface area contributed by atoms with Gasteiger partial charge in [0.05, 0.1) is 0 Å². The Bertz CT molecular complexity index is 394. The molecule has 1 rings (SSSR count). The highest BCUT2D eigenvalue weighted by Crippen LogP contribution is 2.01. The Morgan fingerprint density at radius 1 is 1.46 bits per heavy atom. The molecule has 0 amide bonds. The monoisotopic (exact) mass is 216 g/mol. The molecule has 1 aromatic heterocycles. The van der Waals surface area contributed by atoms with E-state index in [1.54, 1.807) is 0 Å². The minimum atomic E-state index is -0.0805. The molecule has 0 atom stereocenters. The summed E-state index contributed by atoms with van der Waals surface area (Å²) in [5, 5.41) is 0. The van der Waals surface area contributed by atoms with Crippen LogP contribution < -0.4 is 5.56 Å². The second kappa shape index (κ2) is 4.62. The predicted octanol–water partition coefficient (Wildman–Crippen LogP) is 1.60. The smallest absolute Gasteiger partial charge is 0.255 e. The molecule has 0 saturated carbocycles. The lowest BCUT2D eigenvalue weighted by Gasteiger charge is -2.02. The minimum Gasteiger partial charge on any atom is -0.336 e. The van der Waals surface area contributed by atoms with Crippen LogP contribution in [0, 0.1) is 11.7 Å². The highest BCUT2D eigenvalue weighted by molar-refractivity contribution is 7.80. The Morgan fingerprint density at radius 2 is 2.15 bits per heavy atom. The lowest BCUT2D eigenvalue weighted by Crippen LogP contribution is -2.16. The van der Waals surface area contributed by atoms with Crippen LogP contribution in [0.15, 0.2) is 4.79 Å². The third-order valence-electron chi connectivity index (χ3n) is 1.84. The lowest BCUT2D eigenvalue weighted by molar-refractivity contribution is 0.869. The van der Waals surface area contributed by atoms with Crippen LogP contribution in [0.2, 0.25) is 0 Å². The van der Waals surface area contributed by atoms with E-state index in [1.807, 2.05) is 6.92 Å². The maximum absolute atomic E-state index is 11.4. The maximum Gasteiger partial charge on any atom is 0.255 e. The number of aryl methyl sites for hydroxylation is 1. The number of aromatic amines is 2.